The van der Waals surface area contributed by atoms with Crippen LogP contribution in [-0.2, 0) is 4.74 Å². The van der Waals surface area contributed by atoms with Crippen LogP contribution in [0.25, 0.3) is 0 Å². The van der Waals surface area contributed by atoms with Gasteiger partial charge >= 0.3 is 0 Å². The van der Waals surface area contributed by atoms with E-state index in [0.717, 1.165) is 44.6 Å². The molecule has 92 valence electrons. The van der Waals surface area contributed by atoms with Crippen LogP contribution in [0.4, 0.5) is 5.82 Å². The third-order valence-electron chi connectivity index (χ3n) is 3.06. The number of carbonyl (C=O) groups is 1. The summed E-state index contributed by atoms with van der Waals surface area (Å²) < 4.78 is 5.63. The SMILES string of the molecule is CCN(CC1CCCO1)c1ccc(C=O)cn1. The average molecular weight is 234 g/mol. The topological polar surface area (TPSA) is 42.4 Å². The molecule has 4 heteroatoms. The van der Waals surface area contributed by atoms with Gasteiger partial charge in [0.15, 0.2) is 6.29 Å². The van der Waals surface area contributed by atoms with Crippen molar-refractivity contribution in [2.45, 2.75) is 25.9 Å². The first-order valence-electron chi connectivity index (χ1n) is 6.11. The summed E-state index contributed by atoms with van der Waals surface area (Å²) >= 11 is 0. The quantitative estimate of drug-likeness (QED) is 0.730. The molecule has 0 aromatic carbocycles. The third-order valence-corrected chi connectivity index (χ3v) is 3.06. The number of ether oxygens (including phenoxy) is 1. The number of pyridine rings is 1. The summed E-state index contributed by atoms with van der Waals surface area (Å²) in [6.07, 6.45) is 5.03. The van der Waals surface area contributed by atoms with Gasteiger partial charge in [-0.25, -0.2) is 4.98 Å². The fourth-order valence-electron chi connectivity index (χ4n) is 2.07. The Morgan fingerprint density at radius 2 is 2.47 bits per heavy atom. The molecule has 1 aromatic rings. The summed E-state index contributed by atoms with van der Waals surface area (Å²) in [4.78, 5) is 17.0. The van der Waals surface area contributed by atoms with Gasteiger partial charge in [0.05, 0.1) is 6.10 Å². The van der Waals surface area contributed by atoms with E-state index in [-0.39, 0.29) is 0 Å². The number of anilines is 1. The van der Waals surface area contributed by atoms with Gasteiger partial charge in [-0.15, -0.1) is 0 Å². The highest BCUT2D eigenvalue weighted by Gasteiger charge is 2.19. The molecule has 0 saturated carbocycles. The van der Waals surface area contributed by atoms with Gasteiger partial charge in [0.25, 0.3) is 0 Å². The second-order valence-corrected chi connectivity index (χ2v) is 4.24. The Hall–Kier alpha value is -1.42. The molecule has 0 radical (unpaired) electrons. The van der Waals surface area contributed by atoms with E-state index in [9.17, 15) is 4.79 Å². The van der Waals surface area contributed by atoms with Crippen molar-refractivity contribution in [3.05, 3.63) is 23.9 Å². The highest BCUT2D eigenvalue weighted by Crippen LogP contribution is 2.17. The Labute approximate surface area is 102 Å². The van der Waals surface area contributed by atoms with E-state index in [1.165, 1.54) is 0 Å². The van der Waals surface area contributed by atoms with Crippen LogP contribution >= 0.6 is 0 Å². The Morgan fingerprint density at radius 1 is 1.59 bits per heavy atom. The smallest absolute Gasteiger partial charge is 0.151 e. The van der Waals surface area contributed by atoms with Gasteiger partial charge in [-0.05, 0) is 31.9 Å². The van der Waals surface area contributed by atoms with Crippen molar-refractivity contribution in [2.24, 2.45) is 0 Å². The third kappa shape index (κ3) is 3.03. The Kier molecular flexibility index (Phi) is 4.09. The molecule has 1 aromatic heterocycles. The van der Waals surface area contributed by atoms with E-state index in [0.29, 0.717) is 11.7 Å². The van der Waals surface area contributed by atoms with E-state index in [2.05, 4.69) is 16.8 Å². The summed E-state index contributed by atoms with van der Waals surface area (Å²) in [5, 5.41) is 0. The monoisotopic (exact) mass is 234 g/mol. The van der Waals surface area contributed by atoms with Crippen LogP contribution in [0, 0.1) is 0 Å². The fourth-order valence-corrected chi connectivity index (χ4v) is 2.07. The van der Waals surface area contributed by atoms with Gasteiger partial charge in [0.2, 0.25) is 0 Å². The lowest BCUT2D eigenvalue weighted by Crippen LogP contribution is -2.32. The molecule has 1 aliphatic heterocycles. The van der Waals surface area contributed by atoms with Gasteiger partial charge in [-0.1, -0.05) is 0 Å². The van der Waals surface area contributed by atoms with Crippen molar-refractivity contribution in [3.8, 4) is 0 Å². The molecule has 0 spiro atoms. The first kappa shape index (κ1) is 12.0. The molecule has 17 heavy (non-hydrogen) atoms. The maximum absolute atomic E-state index is 10.6. The van der Waals surface area contributed by atoms with Gasteiger partial charge < -0.3 is 9.64 Å². The molecule has 4 nitrogen and oxygen atoms in total. The predicted octanol–water partition coefficient (Wildman–Crippen LogP) is 1.90. The molecule has 1 fully saturated rings. The van der Waals surface area contributed by atoms with Crippen molar-refractivity contribution in [1.29, 1.82) is 0 Å². The molecule has 2 heterocycles. The number of likely N-dealkylation sites (N-methyl/N-ethyl adjacent to an activating group) is 1. The number of aromatic nitrogens is 1. The van der Waals surface area contributed by atoms with Crippen LogP contribution in [-0.4, -0.2) is 37.1 Å². The largest absolute Gasteiger partial charge is 0.376 e. The molecule has 1 saturated heterocycles. The van der Waals surface area contributed by atoms with E-state index in [4.69, 9.17) is 4.74 Å². The normalized spacial score (nSPS) is 19.2. The van der Waals surface area contributed by atoms with Crippen LogP contribution in [0.5, 0.6) is 0 Å². The molecule has 0 aliphatic carbocycles. The highest BCUT2D eigenvalue weighted by atomic mass is 16.5. The molecular weight excluding hydrogens is 216 g/mol. The maximum Gasteiger partial charge on any atom is 0.151 e. The number of aldehydes is 1. The van der Waals surface area contributed by atoms with Gasteiger partial charge in [-0.3, -0.25) is 4.79 Å². The molecular formula is C13H18N2O2. The minimum absolute atomic E-state index is 0.322. The minimum atomic E-state index is 0.322. The van der Waals surface area contributed by atoms with Crippen LogP contribution < -0.4 is 4.90 Å². The minimum Gasteiger partial charge on any atom is -0.376 e. The van der Waals surface area contributed by atoms with Crippen LogP contribution in [0.2, 0.25) is 0 Å². The number of hydrogen-bond acceptors (Lipinski definition) is 4. The zero-order valence-electron chi connectivity index (χ0n) is 10.1. The lowest BCUT2D eigenvalue weighted by molar-refractivity contribution is 0.112. The molecule has 2 rings (SSSR count). The number of hydrogen-bond donors (Lipinski definition) is 0. The first-order valence-corrected chi connectivity index (χ1v) is 6.11. The van der Waals surface area contributed by atoms with Gasteiger partial charge in [-0.2, -0.15) is 0 Å². The van der Waals surface area contributed by atoms with Crippen LogP contribution in [0.1, 0.15) is 30.1 Å². The van der Waals surface area contributed by atoms with Crippen molar-refractivity contribution in [2.75, 3.05) is 24.6 Å². The zero-order valence-corrected chi connectivity index (χ0v) is 10.1. The summed E-state index contributed by atoms with van der Waals surface area (Å²) in [6.45, 7) is 4.75. The van der Waals surface area contributed by atoms with E-state index < -0.39 is 0 Å². The van der Waals surface area contributed by atoms with Crippen molar-refractivity contribution in [3.63, 3.8) is 0 Å². The van der Waals surface area contributed by atoms with Crippen molar-refractivity contribution < 1.29 is 9.53 Å². The summed E-state index contributed by atoms with van der Waals surface area (Å²) in [5.74, 6) is 0.911. The van der Waals surface area contributed by atoms with E-state index >= 15 is 0 Å². The lowest BCUT2D eigenvalue weighted by atomic mass is 10.2. The Bertz CT molecular complexity index is 358. The lowest BCUT2D eigenvalue weighted by Gasteiger charge is -2.24. The number of nitrogens with zero attached hydrogens (tertiary/aromatic N) is 2. The van der Waals surface area contributed by atoms with Gasteiger partial charge in [0, 0.05) is 31.5 Å². The van der Waals surface area contributed by atoms with Crippen LogP contribution in [0.15, 0.2) is 18.3 Å². The molecule has 1 aliphatic rings. The zero-order chi connectivity index (χ0) is 12.1. The number of carbonyl (C=O) groups excluding carboxylic acids is 1. The molecule has 0 amide bonds. The highest BCUT2D eigenvalue weighted by molar-refractivity contribution is 5.74. The second kappa shape index (κ2) is 5.77. The van der Waals surface area contributed by atoms with E-state index in [1.807, 2.05) is 6.07 Å². The molecule has 0 N–H and O–H groups in total. The maximum atomic E-state index is 10.6. The summed E-state index contributed by atoms with van der Waals surface area (Å²) in [6, 6.07) is 3.69. The average Bonchev–Trinajstić information content (AvgIpc) is 2.89. The summed E-state index contributed by atoms with van der Waals surface area (Å²) in [5.41, 5.74) is 0.613. The Balaban J connectivity index is 2.02. The molecule has 1 atom stereocenters. The van der Waals surface area contributed by atoms with E-state index in [1.54, 1.807) is 12.3 Å². The van der Waals surface area contributed by atoms with Crippen molar-refractivity contribution >= 4 is 12.1 Å². The number of rotatable bonds is 5. The first-order chi connectivity index (χ1) is 8.33. The standard InChI is InChI=1S/C13H18N2O2/c1-2-15(9-12-4-3-7-17-12)13-6-5-11(10-16)8-14-13/h5-6,8,10,12H,2-4,7,9H2,1H3. The second-order valence-electron chi connectivity index (χ2n) is 4.24. The predicted molar refractivity (Wildman–Crippen MR) is 66.5 cm³/mol. The molecule has 1 unspecified atom stereocenters. The Morgan fingerprint density at radius 3 is 3.00 bits per heavy atom. The van der Waals surface area contributed by atoms with Crippen molar-refractivity contribution in [1.82, 2.24) is 4.98 Å². The van der Waals surface area contributed by atoms with Gasteiger partial charge in [0.1, 0.15) is 5.82 Å². The fraction of sp³-hybridized carbons (Fsp3) is 0.538. The molecule has 0 bridgehead atoms. The summed E-state index contributed by atoms with van der Waals surface area (Å²) in [7, 11) is 0. The van der Waals surface area contributed by atoms with Crippen LogP contribution in [0.3, 0.4) is 0 Å².